The van der Waals surface area contributed by atoms with Crippen molar-refractivity contribution in [1.29, 1.82) is 0 Å². The molecule has 0 spiro atoms. The smallest absolute Gasteiger partial charge is 0.278 e. The van der Waals surface area contributed by atoms with Crippen LogP contribution in [-0.2, 0) is 16.1 Å². The van der Waals surface area contributed by atoms with Gasteiger partial charge in [0.2, 0.25) is 0 Å². The number of thiophene rings is 1. The lowest BCUT2D eigenvalue weighted by Gasteiger charge is -2.16. The van der Waals surface area contributed by atoms with E-state index in [1.54, 1.807) is 24.3 Å². The number of halogens is 2. The highest BCUT2D eigenvalue weighted by molar-refractivity contribution is 7.11. The van der Waals surface area contributed by atoms with Crippen LogP contribution in [0.5, 0.6) is 0 Å². The normalized spacial score (nSPS) is 14.1. The standard InChI is InChI=1S/C22H16Cl2N2O2S/c1-13-15(23)8-4-9-17(13)25-20-19(18-10-5-11-29-18)21(27)26(22(20)28)12-14-6-2-3-7-16(14)24/h2-11,25H,12H2,1H3. The van der Waals surface area contributed by atoms with E-state index < -0.39 is 5.91 Å². The van der Waals surface area contributed by atoms with E-state index in [0.717, 1.165) is 10.4 Å². The summed E-state index contributed by atoms with van der Waals surface area (Å²) < 4.78 is 0. The largest absolute Gasteiger partial charge is 0.350 e. The lowest BCUT2D eigenvalue weighted by atomic mass is 10.1. The number of carbonyl (C=O) groups is 2. The average molecular weight is 443 g/mol. The molecule has 29 heavy (non-hydrogen) atoms. The number of imide groups is 1. The van der Waals surface area contributed by atoms with Gasteiger partial charge >= 0.3 is 0 Å². The molecule has 7 heteroatoms. The maximum absolute atomic E-state index is 13.3. The van der Waals surface area contributed by atoms with E-state index in [-0.39, 0.29) is 18.1 Å². The van der Waals surface area contributed by atoms with E-state index in [0.29, 0.717) is 26.9 Å². The first kappa shape index (κ1) is 19.7. The van der Waals surface area contributed by atoms with Crippen LogP contribution in [0.4, 0.5) is 5.69 Å². The summed E-state index contributed by atoms with van der Waals surface area (Å²) in [5.41, 5.74) is 2.80. The van der Waals surface area contributed by atoms with Crippen molar-refractivity contribution in [2.75, 3.05) is 5.32 Å². The summed E-state index contributed by atoms with van der Waals surface area (Å²) in [6, 6.07) is 16.3. The van der Waals surface area contributed by atoms with Crippen LogP contribution in [0.1, 0.15) is 16.0 Å². The van der Waals surface area contributed by atoms with Crippen LogP contribution in [0, 0.1) is 6.92 Å². The number of nitrogens with one attached hydrogen (secondary N) is 1. The van der Waals surface area contributed by atoms with Crippen LogP contribution in [-0.4, -0.2) is 16.7 Å². The van der Waals surface area contributed by atoms with Crippen molar-refractivity contribution in [3.05, 3.63) is 91.7 Å². The number of hydrogen-bond donors (Lipinski definition) is 1. The maximum atomic E-state index is 13.3. The molecule has 4 rings (SSSR count). The van der Waals surface area contributed by atoms with E-state index in [4.69, 9.17) is 23.2 Å². The molecule has 146 valence electrons. The van der Waals surface area contributed by atoms with Crippen LogP contribution in [0.15, 0.2) is 65.7 Å². The van der Waals surface area contributed by atoms with E-state index in [9.17, 15) is 9.59 Å². The highest BCUT2D eigenvalue weighted by Crippen LogP contribution is 2.35. The summed E-state index contributed by atoms with van der Waals surface area (Å²) in [7, 11) is 0. The molecule has 1 aliphatic rings. The molecule has 2 amide bonds. The highest BCUT2D eigenvalue weighted by atomic mass is 35.5. The van der Waals surface area contributed by atoms with Gasteiger partial charge in [-0.1, -0.05) is 53.5 Å². The zero-order valence-electron chi connectivity index (χ0n) is 15.4. The highest BCUT2D eigenvalue weighted by Gasteiger charge is 2.40. The Labute approximate surface area is 182 Å². The molecule has 1 N–H and O–H groups in total. The van der Waals surface area contributed by atoms with Crippen molar-refractivity contribution >= 4 is 57.6 Å². The minimum atomic E-state index is -0.391. The van der Waals surface area contributed by atoms with Gasteiger partial charge < -0.3 is 5.32 Å². The Morgan fingerprint density at radius 3 is 2.41 bits per heavy atom. The molecule has 1 aromatic heterocycles. The Bertz CT molecular complexity index is 1140. The van der Waals surface area contributed by atoms with Gasteiger partial charge in [-0.05, 0) is 47.7 Å². The molecular weight excluding hydrogens is 427 g/mol. The molecule has 0 saturated heterocycles. The predicted octanol–water partition coefficient (Wildman–Crippen LogP) is 5.76. The first-order chi connectivity index (χ1) is 14.0. The molecule has 0 aliphatic carbocycles. The number of benzene rings is 2. The third-order valence-corrected chi connectivity index (χ3v) is 6.41. The minimum Gasteiger partial charge on any atom is -0.350 e. The summed E-state index contributed by atoms with van der Waals surface area (Å²) in [6.45, 7) is 1.96. The molecule has 1 aliphatic heterocycles. The van der Waals surface area contributed by atoms with Gasteiger partial charge in [-0.3, -0.25) is 14.5 Å². The summed E-state index contributed by atoms with van der Waals surface area (Å²) in [5, 5.41) is 6.12. The molecule has 2 heterocycles. The number of nitrogens with zero attached hydrogens (tertiary/aromatic N) is 1. The van der Waals surface area contributed by atoms with E-state index >= 15 is 0 Å². The molecule has 0 bridgehead atoms. The zero-order chi connectivity index (χ0) is 20.5. The van der Waals surface area contributed by atoms with Gasteiger partial charge in [-0.15, -0.1) is 11.3 Å². The van der Waals surface area contributed by atoms with Crippen molar-refractivity contribution in [3.8, 4) is 0 Å². The fourth-order valence-corrected chi connectivity index (χ4v) is 4.30. The number of rotatable bonds is 5. The number of hydrogen-bond acceptors (Lipinski definition) is 4. The Hall–Kier alpha value is -2.60. The molecular formula is C22H16Cl2N2O2S. The Balaban J connectivity index is 1.75. The zero-order valence-corrected chi connectivity index (χ0v) is 17.7. The molecule has 3 aromatic rings. The van der Waals surface area contributed by atoms with Crippen molar-refractivity contribution in [3.63, 3.8) is 0 Å². The fraction of sp³-hybridized carbons (Fsp3) is 0.0909. The van der Waals surface area contributed by atoms with E-state index in [2.05, 4.69) is 5.32 Å². The van der Waals surface area contributed by atoms with Gasteiger partial charge in [0.15, 0.2) is 0 Å². The molecule has 0 radical (unpaired) electrons. The van der Waals surface area contributed by atoms with Gasteiger partial charge in [0.25, 0.3) is 11.8 Å². The maximum Gasteiger partial charge on any atom is 0.278 e. The number of amides is 2. The predicted molar refractivity (Wildman–Crippen MR) is 118 cm³/mol. The van der Waals surface area contributed by atoms with Gasteiger partial charge in [-0.2, -0.15) is 0 Å². The molecule has 0 saturated carbocycles. The fourth-order valence-electron chi connectivity index (χ4n) is 3.16. The van der Waals surface area contributed by atoms with Crippen molar-refractivity contribution < 1.29 is 9.59 Å². The van der Waals surface area contributed by atoms with Gasteiger partial charge in [0, 0.05) is 20.6 Å². The average Bonchev–Trinajstić information content (AvgIpc) is 3.30. The Kier molecular flexibility index (Phi) is 5.46. The summed E-state index contributed by atoms with van der Waals surface area (Å²) in [4.78, 5) is 28.4. The topological polar surface area (TPSA) is 49.4 Å². The third-order valence-electron chi connectivity index (χ3n) is 4.75. The van der Waals surface area contributed by atoms with E-state index in [1.165, 1.54) is 16.2 Å². The third kappa shape index (κ3) is 3.69. The summed E-state index contributed by atoms with van der Waals surface area (Å²) in [5.74, 6) is -0.739. The molecule has 0 fully saturated rings. The van der Waals surface area contributed by atoms with Crippen molar-refractivity contribution in [2.45, 2.75) is 13.5 Å². The SMILES string of the molecule is Cc1c(Cl)cccc1NC1=C(c2cccs2)C(=O)N(Cc2ccccc2Cl)C1=O. The van der Waals surface area contributed by atoms with Crippen molar-refractivity contribution in [1.82, 2.24) is 4.90 Å². The molecule has 4 nitrogen and oxygen atoms in total. The summed E-state index contributed by atoms with van der Waals surface area (Å²) in [6.07, 6.45) is 0. The molecule has 0 unspecified atom stereocenters. The second-order valence-corrected chi connectivity index (χ2v) is 8.31. The first-order valence-electron chi connectivity index (χ1n) is 8.87. The lowest BCUT2D eigenvalue weighted by Crippen LogP contribution is -2.32. The molecule has 2 aromatic carbocycles. The molecule has 0 atom stereocenters. The Morgan fingerprint density at radius 2 is 1.69 bits per heavy atom. The van der Waals surface area contributed by atoms with Gasteiger partial charge in [-0.25, -0.2) is 0 Å². The van der Waals surface area contributed by atoms with E-state index in [1.807, 2.05) is 42.6 Å². The van der Waals surface area contributed by atoms with Crippen LogP contribution in [0.25, 0.3) is 5.57 Å². The van der Waals surface area contributed by atoms with Gasteiger partial charge in [0.05, 0.1) is 12.1 Å². The van der Waals surface area contributed by atoms with Gasteiger partial charge in [0.1, 0.15) is 5.70 Å². The quantitative estimate of drug-likeness (QED) is 0.511. The monoisotopic (exact) mass is 442 g/mol. The lowest BCUT2D eigenvalue weighted by molar-refractivity contribution is -0.137. The summed E-state index contributed by atoms with van der Waals surface area (Å²) >= 11 is 13.9. The number of anilines is 1. The first-order valence-corrected chi connectivity index (χ1v) is 10.5. The second-order valence-electron chi connectivity index (χ2n) is 6.55. The second kappa shape index (κ2) is 8.03. The minimum absolute atomic E-state index is 0.103. The van der Waals surface area contributed by atoms with Crippen LogP contribution in [0.2, 0.25) is 10.0 Å². The van der Waals surface area contributed by atoms with Crippen LogP contribution in [0.3, 0.4) is 0 Å². The van der Waals surface area contributed by atoms with Crippen molar-refractivity contribution in [2.24, 2.45) is 0 Å². The van der Waals surface area contributed by atoms with Crippen LogP contribution < -0.4 is 5.32 Å². The van der Waals surface area contributed by atoms with Crippen LogP contribution >= 0.6 is 34.5 Å². The number of carbonyl (C=O) groups excluding carboxylic acids is 2. The Morgan fingerprint density at radius 1 is 0.931 bits per heavy atom.